The number of nitrogens with zero attached hydrogens (tertiary/aromatic N) is 2. The molecular formula is C12H12FN3O2. The summed E-state index contributed by atoms with van der Waals surface area (Å²) in [6.45, 7) is 0.265. The first-order valence-corrected chi connectivity index (χ1v) is 5.68. The first kappa shape index (κ1) is 11.0. The molecule has 1 atom stereocenters. The number of alkyl halides is 1. The second-order valence-corrected chi connectivity index (χ2v) is 4.47. The Hall–Kier alpha value is -2.11. The highest BCUT2D eigenvalue weighted by Gasteiger charge is 2.45. The smallest absolute Gasteiger partial charge is 0.298 e. The fraction of sp³-hybridized carbons (Fsp3) is 0.333. The first-order valence-electron chi connectivity index (χ1n) is 5.68. The lowest BCUT2D eigenvalue weighted by atomic mass is 10.1. The van der Waals surface area contributed by atoms with Crippen molar-refractivity contribution in [1.29, 1.82) is 0 Å². The maximum absolute atomic E-state index is 14.0. The molecule has 1 fully saturated rings. The van der Waals surface area contributed by atoms with Crippen LogP contribution in [0, 0.1) is 0 Å². The number of oxazole rings is 1. The number of carbonyl (C=O) groups is 1. The van der Waals surface area contributed by atoms with Gasteiger partial charge in [0, 0.05) is 13.0 Å². The number of fused-ring (bicyclic) bond motifs is 1. The van der Waals surface area contributed by atoms with Gasteiger partial charge in [-0.3, -0.25) is 4.79 Å². The fourth-order valence-corrected chi connectivity index (χ4v) is 2.13. The maximum atomic E-state index is 14.0. The van der Waals surface area contributed by atoms with E-state index < -0.39 is 11.6 Å². The molecule has 0 aliphatic carbocycles. The van der Waals surface area contributed by atoms with E-state index in [4.69, 9.17) is 10.2 Å². The molecule has 2 aromatic rings. The van der Waals surface area contributed by atoms with Gasteiger partial charge in [-0.25, -0.2) is 4.39 Å². The largest absolute Gasteiger partial charge is 0.423 e. The predicted octanol–water partition coefficient (Wildman–Crippen LogP) is 1.23. The Labute approximate surface area is 102 Å². The zero-order valence-electron chi connectivity index (χ0n) is 9.60. The number of benzene rings is 1. The van der Waals surface area contributed by atoms with Gasteiger partial charge in [-0.2, -0.15) is 4.98 Å². The summed E-state index contributed by atoms with van der Waals surface area (Å²) in [5, 5.41) is 0. The van der Waals surface area contributed by atoms with E-state index in [0.717, 1.165) is 0 Å². The molecule has 2 heterocycles. The molecule has 0 bridgehead atoms. The standard InChI is InChI=1S/C12H12FN3O2/c13-12(10(14)17)5-6-16(7-12)11-15-8-3-1-2-4-9(8)18-11/h1-4H,5-7H2,(H2,14,17). The summed E-state index contributed by atoms with van der Waals surface area (Å²) in [7, 11) is 0. The molecular weight excluding hydrogens is 237 g/mol. The Balaban J connectivity index is 1.90. The van der Waals surface area contributed by atoms with Crippen LogP contribution in [0.4, 0.5) is 10.4 Å². The molecule has 18 heavy (non-hydrogen) atoms. The summed E-state index contributed by atoms with van der Waals surface area (Å²) in [6.07, 6.45) is 0.0705. The number of carbonyl (C=O) groups excluding carboxylic acids is 1. The van der Waals surface area contributed by atoms with Crippen LogP contribution in [0.2, 0.25) is 0 Å². The third-order valence-electron chi connectivity index (χ3n) is 3.21. The Morgan fingerprint density at radius 1 is 1.50 bits per heavy atom. The fourth-order valence-electron chi connectivity index (χ4n) is 2.13. The molecule has 0 radical (unpaired) electrons. The van der Waals surface area contributed by atoms with Gasteiger partial charge in [0.25, 0.3) is 11.9 Å². The average molecular weight is 249 g/mol. The summed E-state index contributed by atoms with van der Waals surface area (Å²) in [5.74, 6) is -0.930. The highest BCUT2D eigenvalue weighted by atomic mass is 19.1. The molecule has 6 heteroatoms. The van der Waals surface area contributed by atoms with Crippen molar-refractivity contribution >= 4 is 23.0 Å². The Morgan fingerprint density at radius 3 is 2.94 bits per heavy atom. The molecule has 2 N–H and O–H groups in total. The lowest BCUT2D eigenvalue weighted by Crippen LogP contribution is -2.42. The molecule has 5 nitrogen and oxygen atoms in total. The SMILES string of the molecule is NC(=O)C1(F)CCN(c2nc3ccccc3o2)C1. The molecule has 0 saturated carbocycles. The highest BCUT2D eigenvalue weighted by Crippen LogP contribution is 2.30. The van der Waals surface area contributed by atoms with Gasteiger partial charge in [-0.05, 0) is 12.1 Å². The third-order valence-corrected chi connectivity index (χ3v) is 3.21. The molecule has 1 aromatic carbocycles. The lowest BCUT2D eigenvalue weighted by molar-refractivity contribution is -0.128. The molecule has 1 saturated heterocycles. The minimum atomic E-state index is -1.99. The Bertz CT molecular complexity index is 579. The van der Waals surface area contributed by atoms with E-state index in [1.807, 2.05) is 18.2 Å². The van der Waals surface area contributed by atoms with E-state index in [1.165, 1.54) is 0 Å². The second kappa shape index (κ2) is 3.69. The van der Waals surface area contributed by atoms with E-state index in [2.05, 4.69) is 4.98 Å². The van der Waals surface area contributed by atoms with Crippen LogP contribution < -0.4 is 10.6 Å². The Kier molecular flexibility index (Phi) is 2.26. The van der Waals surface area contributed by atoms with E-state index >= 15 is 0 Å². The van der Waals surface area contributed by atoms with Crippen LogP contribution in [0.5, 0.6) is 0 Å². The average Bonchev–Trinajstić information content (AvgIpc) is 2.92. The number of amides is 1. The molecule has 3 rings (SSSR count). The number of halogens is 1. The van der Waals surface area contributed by atoms with Crippen LogP contribution >= 0.6 is 0 Å². The van der Waals surface area contributed by atoms with Crippen LogP contribution in [0.3, 0.4) is 0 Å². The van der Waals surface area contributed by atoms with E-state index in [1.54, 1.807) is 11.0 Å². The van der Waals surface area contributed by atoms with Crippen molar-refractivity contribution in [2.45, 2.75) is 12.1 Å². The van der Waals surface area contributed by atoms with Crippen LogP contribution in [-0.4, -0.2) is 29.6 Å². The third kappa shape index (κ3) is 1.61. The Morgan fingerprint density at radius 2 is 2.28 bits per heavy atom. The molecule has 1 aliphatic rings. The number of nitrogens with two attached hydrogens (primary N) is 1. The van der Waals surface area contributed by atoms with Gasteiger partial charge in [0.2, 0.25) is 5.67 Å². The summed E-state index contributed by atoms with van der Waals surface area (Å²) in [4.78, 5) is 16.9. The molecule has 1 amide bonds. The zero-order valence-corrected chi connectivity index (χ0v) is 9.60. The molecule has 1 aromatic heterocycles. The van der Waals surface area contributed by atoms with Crippen LogP contribution in [0.15, 0.2) is 28.7 Å². The lowest BCUT2D eigenvalue weighted by Gasteiger charge is -2.15. The summed E-state index contributed by atoms with van der Waals surface area (Å²) in [6, 6.07) is 7.62. The van der Waals surface area contributed by atoms with Gasteiger partial charge in [-0.1, -0.05) is 12.1 Å². The normalized spacial score (nSPS) is 23.7. The molecule has 94 valence electrons. The second-order valence-electron chi connectivity index (χ2n) is 4.47. The van der Waals surface area contributed by atoms with E-state index in [9.17, 15) is 9.18 Å². The minimum absolute atomic E-state index is 0.0705. The van der Waals surface area contributed by atoms with Gasteiger partial charge in [0.05, 0.1) is 6.54 Å². The number of para-hydroxylation sites is 2. The van der Waals surface area contributed by atoms with Crippen molar-refractivity contribution in [2.24, 2.45) is 5.73 Å². The number of aromatic nitrogens is 1. The quantitative estimate of drug-likeness (QED) is 0.868. The van der Waals surface area contributed by atoms with Crippen molar-refractivity contribution in [3.8, 4) is 0 Å². The summed E-state index contributed by atoms with van der Waals surface area (Å²) < 4.78 is 19.6. The van der Waals surface area contributed by atoms with Gasteiger partial charge < -0.3 is 15.1 Å². The number of primary amides is 1. The number of anilines is 1. The highest BCUT2D eigenvalue weighted by molar-refractivity contribution is 5.85. The molecule has 0 spiro atoms. The van der Waals surface area contributed by atoms with Crippen LogP contribution in [0.25, 0.3) is 11.1 Å². The maximum Gasteiger partial charge on any atom is 0.298 e. The van der Waals surface area contributed by atoms with E-state index in [0.29, 0.717) is 23.7 Å². The van der Waals surface area contributed by atoms with Crippen molar-refractivity contribution in [1.82, 2.24) is 4.98 Å². The van der Waals surface area contributed by atoms with Gasteiger partial charge in [-0.15, -0.1) is 0 Å². The van der Waals surface area contributed by atoms with Crippen molar-refractivity contribution in [3.63, 3.8) is 0 Å². The number of hydrogen-bond acceptors (Lipinski definition) is 4. The van der Waals surface area contributed by atoms with Gasteiger partial charge >= 0.3 is 0 Å². The minimum Gasteiger partial charge on any atom is -0.423 e. The van der Waals surface area contributed by atoms with Crippen molar-refractivity contribution in [3.05, 3.63) is 24.3 Å². The van der Waals surface area contributed by atoms with Crippen LogP contribution in [0.1, 0.15) is 6.42 Å². The van der Waals surface area contributed by atoms with Crippen molar-refractivity contribution < 1.29 is 13.6 Å². The van der Waals surface area contributed by atoms with Crippen LogP contribution in [-0.2, 0) is 4.79 Å². The monoisotopic (exact) mass is 249 g/mol. The number of rotatable bonds is 2. The predicted molar refractivity (Wildman–Crippen MR) is 63.9 cm³/mol. The zero-order chi connectivity index (χ0) is 12.8. The van der Waals surface area contributed by atoms with Crippen molar-refractivity contribution in [2.75, 3.05) is 18.0 Å². The van der Waals surface area contributed by atoms with Gasteiger partial charge in [0.1, 0.15) is 5.52 Å². The topological polar surface area (TPSA) is 72.4 Å². The van der Waals surface area contributed by atoms with Gasteiger partial charge in [0.15, 0.2) is 5.58 Å². The summed E-state index contributed by atoms with van der Waals surface area (Å²) >= 11 is 0. The first-order chi connectivity index (χ1) is 8.58. The molecule has 1 unspecified atom stereocenters. The molecule has 1 aliphatic heterocycles. The summed E-state index contributed by atoms with van der Waals surface area (Å²) in [5.41, 5.74) is 4.42. The van der Waals surface area contributed by atoms with E-state index in [-0.39, 0.29) is 13.0 Å². The number of hydrogen-bond donors (Lipinski definition) is 1.